The quantitative estimate of drug-likeness (QED) is 0.919. The molecule has 108 valence electrons. The summed E-state index contributed by atoms with van der Waals surface area (Å²) in [6, 6.07) is 2.85. The Kier molecular flexibility index (Phi) is 4.37. The Morgan fingerprint density at radius 1 is 1.35 bits per heavy atom. The summed E-state index contributed by atoms with van der Waals surface area (Å²) in [5.74, 6) is -0.863. The van der Waals surface area contributed by atoms with Gasteiger partial charge in [-0.15, -0.1) is 0 Å². The Hall–Kier alpha value is -1.91. The molecule has 0 radical (unpaired) electrons. The van der Waals surface area contributed by atoms with Crippen LogP contribution in [0.25, 0.3) is 0 Å². The summed E-state index contributed by atoms with van der Waals surface area (Å²) < 4.78 is 0. The van der Waals surface area contributed by atoms with Gasteiger partial charge in [0.15, 0.2) is 0 Å². The van der Waals surface area contributed by atoms with E-state index in [9.17, 15) is 14.7 Å². The Balaban J connectivity index is 2.18. The van der Waals surface area contributed by atoms with E-state index in [1.54, 1.807) is 12.3 Å². The Labute approximate surface area is 118 Å². The van der Waals surface area contributed by atoms with Gasteiger partial charge in [-0.05, 0) is 36.8 Å². The Bertz CT molecular complexity index is 496. The molecule has 0 spiro atoms. The fraction of sp³-hybridized carbons (Fsp3) is 0.533. The monoisotopic (exact) mass is 276 g/mol. The average molecular weight is 276 g/mol. The molecule has 20 heavy (non-hydrogen) atoms. The number of carboxylic acids is 1. The molecule has 0 bridgehead atoms. The largest absolute Gasteiger partial charge is 0.480 e. The van der Waals surface area contributed by atoms with Crippen molar-refractivity contribution in [3.63, 3.8) is 0 Å². The number of likely N-dealkylation sites (tertiary alicyclic amines) is 1. The first-order valence-corrected chi connectivity index (χ1v) is 7.00. The highest BCUT2D eigenvalue weighted by Crippen LogP contribution is 2.20. The van der Waals surface area contributed by atoms with Gasteiger partial charge >= 0.3 is 5.97 Å². The zero-order valence-electron chi connectivity index (χ0n) is 11.9. The molecule has 2 rings (SSSR count). The first-order chi connectivity index (χ1) is 9.50. The van der Waals surface area contributed by atoms with Crippen molar-refractivity contribution >= 4 is 11.9 Å². The van der Waals surface area contributed by atoms with E-state index < -0.39 is 12.0 Å². The van der Waals surface area contributed by atoms with Gasteiger partial charge in [0, 0.05) is 12.7 Å². The van der Waals surface area contributed by atoms with E-state index in [0.717, 1.165) is 18.4 Å². The van der Waals surface area contributed by atoms with Gasteiger partial charge in [-0.25, -0.2) is 4.79 Å². The fourth-order valence-electron chi connectivity index (χ4n) is 2.45. The summed E-state index contributed by atoms with van der Waals surface area (Å²) in [5, 5.41) is 9.21. The van der Waals surface area contributed by atoms with Gasteiger partial charge in [0.2, 0.25) is 0 Å². The summed E-state index contributed by atoms with van der Waals surface area (Å²) in [4.78, 5) is 29.2. The summed E-state index contributed by atoms with van der Waals surface area (Å²) in [7, 11) is 0. The topological polar surface area (TPSA) is 70.5 Å². The van der Waals surface area contributed by atoms with Crippen LogP contribution in [0.5, 0.6) is 0 Å². The molecule has 1 aliphatic heterocycles. The van der Waals surface area contributed by atoms with Gasteiger partial charge < -0.3 is 10.0 Å². The highest BCUT2D eigenvalue weighted by molar-refractivity contribution is 5.95. The first kappa shape index (κ1) is 14.5. The lowest BCUT2D eigenvalue weighted by molar-refractivity contribution is -0.143. The molecular formula is C15H20N2O3. The smallest absolute Gasteiger partial charge is 0.326 e. The molecule has 1 saturated heterocycles. The van der Waals surface area contributed by atoms with Gasteiger partial charge in [0.25, 0.3) is 5.91 Å². The van der Waals surface area contributed by atoms with Crippen LogP contribution in [0.2, 0.25) is 0 Å². The molecule has 5 nitrogen and oxygen atoms in total. The van der Waals surface area contributed by atoms with Crippen LogP contribution in [0.1, 0.15) is 55.1 Å². The molecule has 0 aromatic carbocycles. The molecule has 1 aromatic rings. The second-order valence-electron chi connectivity index (χ2n) is 5.48. The number of aromatic nitrogens is 1. The van der Waals surface area contributed by atoms with Gasteiger partial charge in [-0.3, -0.25) is 9.78 Å². The zero-order chi connectivity index (χ0) is 14.7. The minimum atomic E-state index is -0.933. The predicted octanol–water partition coefficient (Wildman–Crippen LogP) is 2.28. The molecule has 1 amide bonds. The standard InChI is InChI=1S/C15H20N2O3/c1-10(2)11-6-7-12(16-9-11)14(18)17-8-4-3-5-13(17)15(19)20/h6-7,9-10,13H,3-5,8H2,1-2H3,(H,19,20). The molecule has 1 N–H and O–H groups in total. The van der Waals surface area contributed by atoms with Crippen molar-refractivity contribution in [2.75, 3.05) is 6.54 Å². The number of hydrogen-bond acceptors (Lipinski definition) is 3. The van der Waals surface area contributed by atoms with Crippen LogP contribution < -0.4 is 0 Å². The van der Waals surface area contributed by atoms with Crippen LogP contribution in [0, 0.1) is 0 Å². The van der Waals surface area contributed by atoms with Crippen molar-refractivity contribution < 1.29 is 14.7 Å². The highest BCUT2D eigenvalue weighted by Gasteiger charge is 2.32. The lowest BCUT2D eigenvalue weighted by Crippen LogP contribution is -2.48. The van der Waals surface area contributed by atoms with E-state index in [0.29, 0.717) is 24.6 Å². The number of piperidine rings is 1. The minimum absolute atomic E-state index is 0.285. The van der Waals surface area contributed by atoms with Crippen molar-refractivity contribution in [2.24, 2.45) is 0 Å². The number of nitrogens with zero attached hydrogens (tertiary/aromatic N) is 2. The van der Waals surface area contributed by atoms with Gasteiger partial charge in [0.1, 0.15) is 11.7 Å². The van der Waals surface area contributed by atoms with Crippen molar-refractivity contribution in [3.05, 3.63) is 29.6 Å². The van der Waals surface area contributed by atoms with Crippen molar-refractivity contribution in [2.45, 2.75) is 45.1 Å². The van der Waals surface area contributed by atoms with Crippen molar-refractivity contribution in [3.8, 4) is 0 Å². The first-order valence-electron chi connectivity index (χ1n) is 7.00. The number of carbonyl (C=O) groups is 2. The highest BCUT2D eigenvalue weighted by atomic mass is 16.4. The van der Waals surface area contributed by atoms with Crippen molar-refractivity contribution in [1.29, 1.82) is 0 Å². The summed E-state index contributed by atoms with van der Waals surface area (Å²) >= 11 is 0. The molecule has 0 saturated carbocycles. The Morgan fingerprint density at radius 2 is 2.10 bits per heavy atom. The second-order valence-corrected chi connectivity index (χ2v) is 5.48. The minimum Gasteiger partial charge on any atom is -0.480 e. The van der Waals surface area contributed by atoms with Crippen molar-refractivity contribution in [1.82, 2.24) is 9.88 Å². The van der Waals surface area contributed by atoms with E-state index in [1.807, 2.05) is 6.07 Å². The lowest BCUT2D eigenvalue weighted by atomic mass is 10.0. The molecule has 1 fully saturated rings. The van der Waals surface area contributed by atoms with E-state index in [4.69, 9.17) is 0 Å². The van der Waals surface area contributed by atoms with Crippen LogP contribution >= 0.6 is 0 Å². The molecular weight excluding hydrogens is 256 g/mol. The zero-order valence-corrected chi connectivity index (χ0v) is 11.9. The van der Waals surface area contributed by atoms with E-state index >= 15 is 0 Å². The maximum Gasteiger partial charge on any atom is 0.326 e. The summed E-state index contributed by atoms with van der Waals surface area (Å²) in [6.07, 6.45) is 3.91. The van der Waals surface area contributed by atoms with Gasteiger partial charge in [-0.1, -0.05) is 19.9 Å². The van der Waals surface area contributed by atoms with Crippen LogP contribution in [-0.2, 0) is 4.79 Å². The predicted molar refractivity (Wildman–Crippen MR) is 74.6 cm³/mol. The van der Waals surface area contributed by atoms with Gasteiger partial charge in [0.05, 0.1) is 0 Å². The third kappa shape index (κ3) is 2.98. The van der Waals surface area contributed by atoms with Crippen LogP contribution in [-0.4, -0.2) is 39.5 Å². The molecule has 1 aromatic heterocycles. The number of aliphatic carboxylic acids is 1. The Morgan fingerprint density at radius 3 is 2.65 bits per heavy atom. The number of amides is 1. The summed E-state index contributed by atoms with van der Waals surface area (Å²) in [5.41, 5.74) is 1.39. The lowest BCUT2D eigenvalue weighted by Gasteiger charge is -2.32. The van der Waals surface area contributed by atoms with Crippen LogP contribution in [0.4, 0.5) is 0 Å². The molecule has 1 unspecified atom stereocenters. The maximum absolute atomic E-state index is 12.4. The number of carbonyl (C=O) groups excluding carboxylic acids is 1. The molecule has 1 aliphatic rings. The second kappa shape index (κ2) is 6.03. The molecule has 5 heteroatoms. The molecule has 1 atom stereocenters. The van der Waals surface area contributed by atoms with E-state index in [-0.39, 0.29) is 5.91 Å². The molecule has 2 heterocycles. The average Bonchev–Trinajstić information content (AvgIpc) is 2.46. The molecule has 0 aliphatic carbocycles. The fourth-order valence-corrected chi connectivity index (χ4v) is 2.45. The number of rotatable bonds is 3. The van der Waals surface area contributed by atoms with E-state index in [1.165, 1.54) is 4.90 Å². The normalized spacial score (nSPS) is 19.1. The maximum atomic E-state index is 12.4. The SMILES string of the molecule is CC(C)c1ccc(C(=O)N2CCCCC2C(=O)O)nc1. The van der Waals surface area contributed by atoms with Gasteiger partial charge in [-0.2, -0.15) is 0 Å². The number of hydrogen-bond donors (Lipinski definition) is 1. The van der Waals surface area contributed by atoms with E-state index in [2.05, 4.69) is 18.8 Å². The van der Waals surface area contributed by atoms with Crippen LogP contribution in [0.15, 0.2) is 18.3 Å². The number of carboxylic acid groups (broad SMARTS) is 1. The third-order valence-corrected chi connectivity index (χ3v) is 3.72. The van der Waals surface area contributed by atoms with Crippen LogP contribution in [0.3, 0.4) is 0 Å². The number of pyridine rings is 1. The summed E-state index contributed by atoms with van der Waals surface area (Å²) in [6.45, 7) is 4.61. The third-order valence-electron chi connectivity index (χ3n) is 3.72.